The van der Waals surface area contributed by atoms with Crippen molar-refractivity contribution < 1.29 is 9.53 Å². The molecule has 4 N–H and O–H groups in total. The number of carbonyl (C=O) groups is 1. The number of aromatic amines is 1. The lowest BCUT2D eigenvalue weighted by Crippen LogP contribution is -2.32. The Morgan fingerprint density at radius 2 is 1.65 bits per heavy atom. The Morgan fingerprint density at radius 3 is 2.52 bits per heavy atom. The molecule has 0 saturated heterocycles. The second-order valence-electron chi connectivity index (χ2n) is 9.74. The van der Waals surface area contributed by atoms with E-state index in [9.17, 15) is 4.79 Å². The van der Waals surface area contributed by atoms with Crippen molar-refractivity contribution >= 4 is 28.4 Å². The molecule has 5 rings (SSSR count). The molecule has 0 unspecified atom stereocenters. The first-order valence-corrected chi connectivity index (χ1v) is 13.7. The molecule has 0 aliphatic heterocycles. The van der Waals surface area contributed by atoms with E-state index in [-0.39, 0.29) is 6.61 Å². The van der Waals surface area contributed by atoms with Crippen molar-refractivity contribution in [3.63, 3.8) is 0 Å². The van der Waals surface area contributed by atoms with Gasteiger partial charge in [0.1, 0.15) is 6.61 Å². The van der Waals surface area contributed by atoms with Crippen molar-refractivity contribution in [3.8, 4) is 0 Å². The summed E-state index contributed by atoms with van der Waals surface area (Å²) < 4.78 is 5.22. The number of H-pyrrole nitrogens is 1. The number of anilines is 2. The molecule has 3 aromatic carbocycles. The second kappa shape index (κ2) is 14.0. The highest BCUT2D eigenvalue weighted by Gasteiger charge is 2.05. The number of para-hydroxylation sites is 1. The third-order valence-corrected chi connectivity index (χ3v) is 6.74. The van der Waals surface area contributed by atoms with E-state index in [1.165, 1.54) is 22.0 Å². The molecule has 0 aliphatic rings. The van der Waals surface area contributed by atoms with Gasteiger partial charge in [0.05, 0.1) is 5.69 Å². The highest BCUT2D eigenvalue weighted by Crippen LogP contribution is 2.21. The first-order valence-electron chi connectivity index (χ1n) is 13.7. The van der Waals surface area contributed by atoms with E-state index in [0.29, 0.717) is 19.6 Å². The zero-order valence-corrected chi connectivity index (χ0v) is 22.5. The summed E-state index contributed by atoms with van der Waals surface area (Å²) in [5.41, 5.74) is 7.84. The van der Waals surface area contributed by atoms with Crippen LogP contribution in [0.2, 0.25) is 0 Å². The van der Waals surface area contributed by atoms with Crippen LogP contribution in [0.15, 0.2) is 103 Å². The van der Waals surface area contributed by atoms with Crippen molar-refractivity contribution in [2.75, 3.05) is 18.4 Å². The van der Waals surface area contributed by atoms with E-state index in [4.69, 9.17) is 4.74 Å². The second-order valence-corrected chi connectivity index (χ2v) is 9.74. The van der Waals surface area contributed by atoms with Gasteiger partial charge in [0.2, 0.25) is 0 Å². The zero-order chi connectivity index (χ0) is 27.4. The number of hydrogen-bond donors (Lipinski definition) is 4. The highest BCUT2D eigenvalue weighted by atomic mass is 16.5. The number of amides is 1. The summed E-state index contributed by atoms with van der Waals surface area (Å²) in [5, 5.41) is 10.9. The summed E-state index contributed by atoms with van der Waals surface area (Å²) in [7, 11) is 0. The van der Waals surface area contributed by atoms with Gasteiger partial charge in [-0.3, -0.25) is 4.98 Å². The van der Waals surface area contributed by atoms with Gasteiger partial charge in [-0.25, -0.2) is 4.79 Å². The number of ether oxygens (including phenoxy) is 1. The fourth-order valence-corrected chi connectivity index (χ4v) is 4.64. The Bertz CT molecular complexity index is 1500. The standard InChI is InChI=1S/C33H35N5O2/c39-33(40-24-26-7-2-1-3-8-26)36-20-19-34-23-30-21-29(17-18-35-30)38-28-15-13-25(14-16-28)9-6-10-27-22-37-32-12-5-4-11-31(27)32/h1-5,7-8,11-18,21-22,34,37H,6,9-10,19-20,23-24H2,(H,35,38)(H,36,39). The molecule has 7 heteroatoms. The average Bonchev–Trinajstić information content (AvgIpc) is 3.41. The van der Waals surface area contributed by atoms with Crippen LogP contribution in [0.25, 0.3) is 10.9 Å². The predicted molar refractivity (Wildman–Crippen MR) is 161 cm³/mol. The maximum atomic E-state index is 11.8. The van der Waals surface area contributed by atoms with Crippen LogP contribution >= 0.6 is 0 Å². The van der Waals surface area contributed by atoms with Crippen molar-refractivity contribution in [1.29, 1.82) is 0 Å². The van der Waals surface area contributed by atoms with Gasteiger partial charge in [0.25, 0.3) is 0 Å². The molecule has 2 aromatic heterocycles. The summed E-state index contributed by atoms with van der Waals surface area (Å²) in [6, 6.07) is 30.7. The first kappa shape index (κ1) is 27.0. The van der Waals surface area contributed by atoms with Gasteiger partial charge in [-0.15, -0.1) is 0 Å². The van der Waals surface area contributed by atoms with Gasteiger partial charge in [-0.05, 0) is 66.3 Å². The third kappa shape index (κ3) is 7.94. The Morgan fingerprint density at radius 1 is 0.825 bits per heavy atom. The minimum atomic E-state index is -0.421. The van der Waals surface area contributed by atoms with E-state index < -0.39 is 6.09 Å². The maximum absolute atomic E-state index is 11.8. The fraction of sp³-hybridized carbons (Fsp3) is 0.212. The molecule has 2 heterocycles. The Balaban J connectivity index is 1.000. The number of aromatic nitrogens is 2. The minimum Gasteiger partial charge on any atom is -0.445 e. The van der Waals surface area contributed by atoms with Gasteiger partial charge in [0.15, 0.2) is 0 Å². The minimum absolute atomic E-state index is 0.262. The van der Waals surface area contributed by atoms with Crippen LogP contribution in [0, 0.1) is 0 Å². The summed E-state index contributed by atoms with van der Waals surface area (Å²) >= 11 is 0. The quantitative estimate of drug-likeness (QED) is 0.130. The van der Waals surface area contributed by atoms with E-state index in [2.05, 4.69) is 80.6 Å². The van der Waals surface area contributed by atoms with Gasteiger partial charge < -0.3 is 25.7 Å². The lowest BCUT2D eigenvalue weighted by molar-refractivity contribution is 0.139. The number of nitrogens with zero attached hydrogens (tertiary/aromatic N) is 1. The molecule has 0 spiro atoms. The zero-order valence-electron chi connectivity index (χ0n) is 22.5. The van der Waals surface area contributed by atoms with Crippen molar-refractivity contribution in [3.05, 3.63) is 126 Å². The molecule has 0 radical (unpaired) electrons. The van der Waals surface area contributed by atoms with Crippen LogP contribution in [0.3, 0.4) is 0 Å². The summed E-state index contributed by atoms with van der Waals surface area (Å²) in [4.78, 5) is 19.7. The van der Waals surface area contributed by atoms with Crippen LogP contribution in [-0.4, -0.2) is 29.2 Å². The lowest BCUT2D eigenvalue weighted by atomic mass is 10.0. The number of alkyl carbamates (subject to hydrolysis) is 1. The molecule has 0 fully saturated rings. The van der Waals surface area contributed by atoms with Gasteiger partial charge >= 0.3 is 6.09 Å². The Kier molecular flexibility index (Phi) is 9.41. The van der Waals surface area contributed by atoms with E-state index in [1.54, 1.807) is 6.20 Å². The van der Waals surface area contributed by atoms with E-state index in [1.807, 2.05) is 42.5 Å². The van der Waals surface area contributed by atoms with Gasteiger partial charge in [-0.2, -0.15) is 0 Å². The van der Waals surface area contributed by atoms with Gasteiger partial charge in [-0.1, -0.05) is 60.7 Å². The Labute approximate surface area is 235 Å². The normalized spacial score (nSPS) is 10.9. The molecule has 0 saturated carbocycles. The molecule has 1 amide bonds. The third-order valence-electron chi connectivity index (χ3n) is 6.74. The summed E-state index contributed by atoms with van der Waals surface area (Å²) in [6.45, 7) is 1.95. The summed E-state index contributed by atoms with van der Waals surface area (Å²) in [5.74, 6) is 0. The molecule has 40 heavy (non-hydrogen) atoms. The van der Waals surface area contributed by atoms with Crippen LogP contribution in [0.5, 0.6) is 0 Å². The smallest absolute Gasteiger partial charge is 0.407 e. The molecule has 0 bridgehead atoms. The number of carbonyl (C=O) groups excluding carboxylic acids is 1. The average molecular weight is 534 g/mol. The predicted octanol–water partition coefficient (Wildman–Crippen LogP) is 6.50. The molecular formula is C33H35N5O2. The number of hydrogen-bond acceptors (Lipinski definition) is 5. The lowest BCUT2D eigenvalue weighted by Gasteiger charge is -2.10. The largest absolute Gasteiger partial charge is 0.445 e. The van der Waals surface area contributed by atoms with Crippen molar-refractivity contribution in [1.82, 2.24) is 20.6 Å². The van der Waals surface area contributed by atoms with Crippen LogP contribution in [-0.2, 0) is 30.7 Å². The number of benzene rings is 3. The maximum Gasteiger partial charge on any atom is 0.407 e. The number of nitrogens with one attached hydrogen (secondary N) is 4. The molecular weight excluding hydrogens is 498 g/mol. The first-order chi connectivity index (χ1) is 19.7. The van der Waals surface area contributed by atoms with E-state index in [0.717, 1.165) is 41.9 Å². The van der Waals surface area contributed by atoms with Crippen LogP contribution < -0.4 is 16.0 Å². The SMILES string of the molecule is O=C(NCCNCc1cc(Nc2ccc(CCCc3c[nH]c4ccccc34)cc2)ccn1)OCc1ccccc1. The van der Waals surface area contributed by atoms with Crippen LogP contribution in [0.4, 0.5) is 16.2 Å². The Hall–Kier alpha value is -4.62. The molecule has 204 valence electrons. The number of rotatable bonds is 13. The fourth-order valence-electron chi connectivity index (χ4n) is 4.64. The number of pyridine rings is 1. The summed E-state index contributed by atoms with van der Waals surface area (Å²) in [6.07, 6.45) is 6.74. The monoisotopic (exact) mass is 533 g/mol. The molecule has 5 aromatic rings. The van der Waals surface area contributed by atoms with Gasteiger partial charge in [0, 0.05) is 54.3 Å². The van der Waals surface area contributed by atoms with Crippen molar-refractivity contribution in [2.45, 2.75) is 32.4 Å². The number of aryl methyl sites for hydroxylation is 2. The number of fused-ring (bicyclic) bond motifs is 1. The van der Waals surface area contributed by atoms with Crippen LogP contribution in [0.1, 0.15) is 28.8 Å². The highest BCUT2D eigenvalue weighted by molar-refractivity contribution is 5.83. The van der Waals surface area contributed by atoms with Crippen molar-refractivity contribution in [2.24, 2.45) is 0 Å². The topological polar surface area (TPSA) is 91.1 Å². The molecule has 0 aliphatic carbocycles. The molecule has 0 atom stereocenters. The molecule has 7 nitrogen and oxygen atoms in total. The van der Waals surface area contributed by atoms with E-state index >= 15 is 0 Å².